The number of carbonyl (C=O) groups is 2. The number of H-pyrrole nitrogens is 1. The van der Waals surface area contributed by atoms with Crippen LogP contribution in [-0.4, -0.2) is 70.7 Å². The second-order valence-electron chi connectivity index (χ2n) is 9.28. The maximum atomic E-state index is 13.2. The molecule has 3 fully saturated rings. The Morgan fingerprint density at radius 2 is 1.93 bits per heavy atom. The quantitative estimate of drug-likeness (QED) is 0.797. The molecule has 1 saturated carbocycles. The molecule has 3 heterocycles. The van der Waals surface area contributed by atoms with Crippen molar-refractivity contribution >= 4 is 11.8 Å². The summed E-state index contributed by atoms with van der Waals surface area (Å²) in [5.41, 5.74) is 1.58. The fourth-order valence-corrected chi connectivity index (χ4v) is 5.33. The minimum atomic E-state index is 0.0599. The lowest BCUT2D eigenvalue weighted by Crippen LogP contribution is -2.42. The standard InChI is InChI=1S/C23H36N4O3/c1-26(18-9-3-2-4-10-18)23(29)20-15-24-25-22(20)17-8-7-12-27(16-17)21(28)14-19-11-5-6-13-30-19/h15,17-19H,2-14,16H2,1H3,(H,24,25). The zero-order valence-corrected chi connectivity index (χ0v) is 18.3. The molecule has 1 aromatic rings. The van der Waals surface area contributed by atoms with Gasteiger partial charge in [0.05, 0.1) is 30.0 Å². The van der Waals surface area contributed by atoms with E-state index >= 15 is 0 Å². The predicted molar refractivity (Wildman–Crippen MR) is 114 cm³/mol. The number of nitrogens with zero attached hydrogens (tertiary/aromatic N) is 3. The molecule has 1 aliphatic carbocycles. The molecule has 2 unspecified atom stereocenters. The molecule has 0 radical (unpaired) electrons. The van der Waals surface area contributed by atoms with E-state index in [2.05, 4.69) is 10.2 Å². The summed E-state index contributed by atoms with van der Waals surface area (Å²) in [7, 11) is 1.93. The molecule has 4 rings (SSSR count). The van der Waals surface area contributed by atoms with Crippen molar-refractivity contribution in [1.29, 1.82) is 0 Å². The summed E-state index contributed by atoms with van der Waals surface area (Å²) < 4.78 is 5.76. The molecule has 2 amide bonds. The average Bonchev–Trinajstić information content (AvgIpc) is 3.29. The first kappa shape index (κ1) is 21.3. The summed E-state index contributed by atoms with van der Waals surface area (Å²) >= 11 is 0. The third kappa shape index (κ3) is 4.88. The number of ether oxygens (including phenoxy) is 1. The van der Waals surface area contributed by atoms with Gasteiger partial charge in [-0.1, -0.05) is 19.3 Å². The van der Waals surface area contributed by atoms with Crippen LogP contribution in [0.1, 0.15) is 92.6 Å². The van der Waals surface area contributed by atoms with Crippen molar-refractivity contribution < 1.29 is 14.3 Å². The van der Waals surface area contributed by atoms with Gasteiger partial charge in [0.2, 0.25) is 5.91 Å². The van der Waals surface area contributed by atoms with Crippen LogP contribution >= 0.6 is 0 Å². The summed E-state index contributed by atoms with van der Waals surface area (Å²) in [6.45, 7) is 2.22. The maximum absolute atomic E-state index is 13.2. The van der Waals surface area contributed by atoms with Gasteiger partial charge in [0.25, 0.3) is 5.91 Å². The van der Waals surface area contributed by atoms with Crippen molar-refractivity contribution in [3.63, 3.8) is 0 Å². The van der Waals surface area contributed by atoms with Gasteiger partial charge in [-0.15, -0.1) is 0 Å². The van der Waals surface area contributed by atoms with Crippen molar-refractivity contribution in [1.82, 2.24) is 20.0 Å². The van der Waals surface area contributed by atoms with Crippen molar-refractivity contribution in [2.75, 3.05) is 26.7 Å². The molecule has 1 aromatic heterocycles. The van der Waals surface area contributed by atoms with Crippen LogP contribution in [0.2, 0.25) is 0 Å². The van der Waals surface area contributed by atoms with Gasteiger partial charge in [-0.05, 0) is 44.9 Å². The zero-order valence-electron chi connectivity index (χ0n) is 18.3. The third-order valence-corrected chi connectivity index (χ3v) is 7.20. The molecule has 1 N–H and O–H groups in total. The normalized spacial score (nSPS) is 25.8. The second-order valence-corrected chi connectivity index (χ2v) is 9.28. The van der Waals surface area contributed by atoms with Crippen LogP contribution in [0, 0.1) is 0 Å². The van der Waals surface area contributed by atoms with Gasteiger partial charge in [0, 0.05) is 38.7 Å². The Morgan fingerprint density at radius 3 is 2.70 bits per heavy atom. The Labute approximate surface area is 179 Å². The van der Waals surface area contributed by atoms with Crippen LogP contribution in [0.4, 0.5) is 0 Å². The van der Waals surface area contributed by atoms with Gasteiger partial charge in [0.15, 0.2) is 0 Å². The first-order valence-corrected chi connectivity index (χ1v) is 11.8. The summed E-state index contributed by atoms with van der Waals surface area (Å²) in [5.74, 6) is 0.374. The number of amides is 2. The largest absolute Gasteiger partial charge is 0.378 e. The van der Waals surface area contributed by atoms with Crippen molar-refractivity contribution in [2.45, 2.75) is 88.7 Å². The fourth-order valence-electron chi connectivity index (χ4n) is 5.33. The Morgan fingerprint density at radius 1 is 1.13 bits per heavy atom. The number of hydrogen-bond donors (Lipinski definition) is 1. The Kier molecular flexibility index (Phi) is 7.08. The summed E-state index contributed by atoms with van der Waals surface area (Å²) in [5, 5.41) is 7.31. The minimum Gasteiger partial charge on any atom is -0.378 e. The number of carbonyl (C=O) groups excluding carboxylic acids is 2. The molecule has 2 saturated heterocycles. The zero-order chi connectivity index (χ0) is 20.9. The summed E-state index contributed by atoms with van der Waals surface area (Å²) in [6.07, 6.45) is 13.2. The molecule has 2 atom stereocenters. The average molecular weight is 417 g/mol. The van der Waals surface area contributed by atoms with E-state index in [4.69, 9.17) is 4.74 Å². The first-order chi connectivity index (χ1) is 14.6. The molecule has 7 heteroatoms. The second kappa shape index (κ2) is 9.94. The maximum Gasteiger partial charge on any atom is 0.257 e. The van der Waals surface area contributed by atoms with Gasteiger partial charge in [-0.3, -0.25) is 14.7 Å². The Hall–Kier alpha value is -1.89. The van der Waals surface area contributed by atoms with Crippen molar-refractivity contribution in [3.05, 3.63) is 17.5 Å². The highest BCUT2D eigenvalue weighted by molar-refractivity contribution is 5.95. The van der Waals surface area contributed by atoms with E-state index in [-0.39, 0.29) is 23.8 Å². The molecule has 7 nitrogen and oxygen atoms in total. The van der Waals surface area contributed by atoms with Crippen LogP contribution in [-0.2, 0) is 9.53 Å². The van der Waals surface area contributed by atoms with Gasteiger partial charge in [0.1, 0.15) is 0 Å². The molecular formula is C23H36N4O3. The lowest BCUT2D eigenvalue weighted by atomic mass is 9.91. The summed E-state index contributed by atoms with van der Waals surface area (Å²) in [4.78, 5) is 30.0. The van der Waals surface area contributed by atoms with Crippen molar-refractivity contribution in [3.8, 4) is 0 Å². The third-order valence-electron chi connectivity index (χ3n) is 7.20. The van der Waals surface area contributed by atoms with Gasteiger partial charge >= 0.3 is 0 Å². The number of rotatable bonds is 5. The monoisotopic (exact) mass is 416 g/mol. The number of hydrogen-bond acceptors (Lipinski definition) is 4. The highest BCUT2D eigenvalue weighted by Gasteiger charge is 2.32. The molecule has 166 valence electrons. The number of nitrogens with one attached hydrogen (secondary N) is 1. The highest BCUT2D eigenvalue weighted by atomic mass is 16.5. The first-order valence-electron chi connectivity index (χ1n) is 11.8. The van der Waals surface area contributed by atoms with E-state index in [9.17, 15) is 9.59 Å². The van der Waals surface area contributed by atoms with Crippen molar-refractivity contribution in [2.24, 2.45) is 0 Å². The fraction of sp³-hybridized carbons (Fsp3) is 0.783. The van der Waals surface area contributed by atoms with Gasteiger partial charge < -0.3 is 14.5 Å². The molecule has 2 aliphatic heterocycles. The van der Waals surface area contributed by atoms with Gasteiger partial charge in [-0.2, -0.15) is 5.10 Å². The number of piperidine rings is 1. The highest BCUT2D eigenvalue weighted by Crippen LogP contribution is 2.30. The molecular weight excluding hydrogens is 380 g/mol. The van der Waals surface area contributed by atoms with E-state index in [1.807, 2.05) is 16.8 Å². The number of aromatic amines is 1. The van der Waals surface area contributed by atoms with E-state index in [0.717, 1.165) is 63.8 Å². The minimum absolute atomic E-state index is 0.0599. The molecule has 0 bridgehead atoms. The predicted octanol–water partition coefficient (Wildman–Crippen LogP) is 3.48. The number of aromatic nitrogens is 2. The lowest BCUT2D eigenvalue weighted by molar-refractivity contribution is -0.136. The molecule has 3 aliphatic rings. The van der Waals surface area contributed by atoms with Gasteiger partial charge in [-0.25, -0.2) is 0 Å². The van der Waals surface area contributed by atoms with E-state index in [1.54, 1.807) is 6.20 Å². The topological polar surface area (TPSA) is 78.5 Å². The molecule has 0 spiro atoms. The number of likely N-dealkylation sites (tertiary alicyclic amines) is 1. The van der Waals surface area contributed by atoms with E-state index in [0.29, 0.717) is 24.6 Å². The molecule has 30 heavy (non-hydrogen) atoms. The van der Waals surface area contributed by atoms with Crippen LogP contribution in [0.3, 0.4) is 0 Å². The Balaban J connectivity index is 1.39. The Bertz CT molecular complexity index is 722. The lowest BCUT2D eigenvalue weighted by Gasteiger charge is -2.35. The van der Waals surface area contributed by atoms with Crippen LogP contribution in [0.25, 0.3) is 0 Å². The molecule has 0 aromatic carbocycles. The SMILES string of the molecule is CN(C(=O)c1cn[nH]c1C1CCCN(C(=O)CC2CCCCO2)C1)C1CCCCC1. The summed E-state index contributed by atoms with van der Waals surface area (Å²) in [6, 6.07) is 0.328. The van der Waals surface area contributed by atoms with Crippen LogP contribution in [0.15, 0.2) is 6.20 Å². The van der Waals surface area contributed by atoms with E-state index in [1.165, 1.54) is 19.3 Å². The van der Waals surface area contributed by atoms with Crippen LogP contribution in [0.5, 0.6) is 0 Å². The van der Waals surface area contributed by atoms with E-state index < -0.39 is 0 Å². The van der Waals surface area contributed by atoms with Crippen LogP contribution < -0.4 is 0 Å². The smallest absolute Gasteiger partial charge is 0.257 e.